The number of nitrogens with zero attached hydrogens (tertiary/aromatic N) is 1. The zero-order valence-corrected chi connectivity index (χ0v) is 17.3. The normalized spacial score (nSPS) is 20.1. The van der Waals surface area contributed by atoms with E-state index in [-0.39, 0.29) is 28.2 Å². The molecule has 154 valence electrons. The van der Waals surface area contributed by atoms with Crippen LogP contribution in [-0.2, 0) is 14.8 Å². The Morgan fingerprint density at radius 2 is 1.93 bits per heavy atom. The molecule has 29 heavy (non-hydrogen) atoms. The molecule has 1 saturated heterocycles. The fourth-order valence-electron chi connectivity index (χ4n) is 3.51. The van der Waals surface area contributed by atoms with Gasteiger partial charge in [0.25, 0.3) is 5.91 Å². The smallest absolute Gasteiger partial charge is 0.251 e. The first-order chi connectivity index (χ1) is 14.0. The second-order valence-electron chi connectivity index (χ2n) is 6.87. The third kappa shape index (κ3) is 4.18. The quantitative estimate of drug-likeness (QED) is 0.798. The highest BCUT2D eigenvalue weighted by atomic mass is 32.2. The highest BCUT2D eigenvalue weighted by molar-refractivity contribution is 7.99. The summed E-state index contributed by atoms with van der Waals surface area (Å²) in [6, 6.07) is 10.6. The minimum absolute atomic E-state index is 0.0812. The van der Waals surface area contributed by atoms with Gasteiger partial charge >= 0.3 is 0 Å². The van der Waals surface area contributed by atoms with E-state index < -0.39 is 10.0 Å². The molecular weight excluding hydrogens is 415 g/mol. The molecule has 2 aromatic carbocycles. The van der Waals surface area contributed by atoms with E-state index in [1.807, 2.05) is 6.07 Å². The molecule has 1 N–H and O–H groups in total. The van der Waals surface area contributed by atoms with Crippen molar-refractivity contribution < 1.29 is 22.3 Å². The van der Waals surface area contributed by atoms with Crippen LogP contribution in [0.15, 0.2) is 52.3 Å². The Kier molecular flexibility index (Phi) is 5.91. The molecule has 2 aliphatic rings. The lowest BCUT2D eigenvalue weighted by atomic mass is 10.0. The van der Waals surface area contributed by atoms with Crippen LogP contribution in [0.5, 0.6) is 0 Å². The highest BCUT2D eigenvalue weighted by Crippen LogP contribution is 2.37. The van der Waals surface area contributed by atoms with Gasteiger partial charge in [-0.2, -0.15) is 4.31 Å². The van der Waals surface area contributed by atoms with Crippen LogP contribution in [-0.4, -0.2) is 50.7 Å². The number of thioether (sulfide) groups is 1. The molecule has 2 heterocycles. The number of fused-ring (bicyclic) bond motifs is 1. The van der Waals surface area contributed by atoms with Crippen molar-refractivity contribution >= 4 is 27.7 Å². The lowest BCUT2D eigenvalue weighted by Crippen LogP contribution is -2.40. The molecule has 1 fully saturated rings. The van der Waals surface area contributed by atoms with Crippen LogP contribution in [0, 0.1) is 5.82 Å². The molecule has 0 aromatic heterocycles. The van der Waals surface area contributed by atoms with Gasteiger partial charge in [-0.25, -0.2) is 12.8 Å². The lowest BCUT2D eigenvalue weighted by Gasteiger charge is -2.27. The summed E-state index contributed by atoms with van der Waals surface area (Å²) in [4.78, 5) is 13.5. The van der Waals surface area contributed by atoms with Gasteiger partial charge in [-0.15, -0.1) is 11.8 Å². The van der Waals surface area contributed by atoms with E-state index in [0.717, 1.165) is 5.56 Å². The Balaban J connectivity index is 1.55. The van der Waals surface area contributed by atoms with E-state index in [2.05, 4.69) is 5.32 Å². The molecular formula is C20H21FN2O4S2. The number of carbonyl (C=O) groups is 1. The predicted molar refractivity (Wildman–Crippen MR) is 108 cm³/mol. The van der Waals surface area contributed by atoms with Crippen LogP contribution in [0.4, 0.5) is 4.39 Å². The summed E-state index contributed by atoms with van der Waals surface area (Å²) in [5, 5.41) is 2.93. The topological polar surface area (TPSA) is 75.7 Å². The number of sulfonamides is 1. The van der Waals surface area contributed by atoms with E-state index in [1.54, 1.807) is 18.2 Å². The second kappa shape index (κ2) is 8.43. The zero-order valence-electron chi connectivity index (χ0n) is 15.6. The monoisotopic (exact) mass is 436 g/mol. The molecule has 4 rings (SSSR count). The standard InChI is InChI=1S/C20H21FN2O4S2/c21-17-6-2-5-16-18(7-12-28-19(16)17)22-20(24)14-3-1-4-15(13-14)29(25,26)23-8-10-27-11-9-23/h1-6,13,18H,7-12H2,(H,22,24)/t18-/m1/s1. The van der Waals surface area contributed by atoms with Gasteiger partial charge in [0.1, 0.15) is 5.82 Å². The Morgan fingerprint density at radius 3 is 2.72 bits per heavy atom. The van der Waals surface area contributed by atoms with E-state index in [1.165, 1.54) is 34.3 Å². The fraction of sp³-hybridized carbons (Fsp3) is 0.350. The third-order valence-electron chi connectivity index (χ3n) is 5.04. The average molecular weight is 437 g/mol. The number of hydrogen-bond donors (Lipinski definition) is 1. The van der Waals surface area contributed by atoms with Crippen molar-refractivity contribution in [2.75, 3.05) is 32.1 Å². The van der Waals surface area contributed by atoms with Crippen molar-refractivity contribution in [1.29, 1.82) is 0 Å². The maximum absolute atomic E-state index is 14.1. The molecule has 0 bridgehead atoms. The van der Waals surface area contributed by atoms with Crippen molar-refractivity contribution in [3.8, 4) is 0 Å². The van der Waals surface area contributed by atoms with Gasteiger partial charge in [0.15, 0.2) is 0 Å². The van der Waals surface area contributed by atoms with Gasteiger partial charge in [0, 0.05) is 29.3 Å². The van der Waals surface area contributed by atoms with Crippen molar-refractivity contribution in [3.63, 3.8) is 0 Å². The molecule has 6 nitrogen and oxygen atoms in total. The highest BCUT2D eigenvalue weighted by Gasteiger charge is 2.28. The predicted octanol–water partition coefficient (Wildman–Crippen LogP) is 2.81. The zero-order chi connectivity index (χ0) is 20.4. The summed E-state index contributed by atoms with van der Waals surface area (Å²) in [6.07, 6.45) is 0.679. The fourth-order valence-corrected chi connectivity index (χ4v) is 6.11. The van der Waals surface area contributed by atoms with Crippen molar-refractivity contribution in [1.82, 2.24) is 9.62 Å². The molecule has 0 aliphatic carbocycles. The first kappa shape index (κ1) is 20.3. The first-order valence-electron chi connectivity index (χ1n) is 9.37. The molecule has 2 aliphatic heterocycles. The molecule has 0 unspecified atom stereocenters. The number of amides is 1. The van der Waals surface area contributed by atoms with E-state index in [9.17, 15) is 17.6 Å². The average Bonchev–Trinajstić information content (AvgIpc) is 2.75. The van der Waals surface area contributed by atoms with Gasteiger partial charge in [0.2, 0.25) is 10.0 Å². The van der Waals surface area contributed by atoms with Crippen molar-refractivity contribution in [3.05, 3.63) is 59.4 Å². The summed E-state index contributed by atoms with van der Waals surface area (Å²) in [6.45, 7) is 1.30. The summed E-state index contributed by atoms with van der Waals surface area (Å²) in [5.74, 6) is 0.0332. The molecule has 1 amide bonds. The molecule has 2 aromatic rings. The van der Waals surface area contributed by atoms with Gasteiger partial charge in [-0.1, -0.05) is 18.2 Å². The second-order valence-corrected chi connectivity index (χ2v) is 9.91. The Hall–Kier alpha value is -1.94. The molecule has 0 radical (unpaired) electrons. The maximum atomic E-state index is 14.1. The van der Waals surface area contributed by atoms with Crippen LogP contribution in [0.3, 0.4) is 0 Å². The maximum Gasteiger partial charge on any atom is 0.251 e. The number of ether oxygens (including phenoxy) is 1. The number of benzene rings is 2. The number of halogens is 1. The van der Waals surface area contributed by atoms with Gasteiger partial charge in [-0.05, 0) is 36.2 Å². The largest absolute Gasteiger partial charge is 0.379 e. The van der Waals surface area contributed by atoms with Crippen LogP contribution < -0.4 is 5.32 Å². The van der Waals surface area contributed by atoms with Crippen LogP contribution >= 0.6 is 11.8 Å². The van der Waals surface area contributed by atoms with Crippen LogP contribution in [0.1, 0.15) is 28.4 Å². The minimum Gasteiger partial charge on any atom is -0.379 e. The SMILES string of the molecule is O=C(N[C@@H]1CCSc2c(F)cccc21)c1cccc(S(=O)(=O)N2CCOCC2)c1. The van der Waals surface area contributed by atoms with E-state index >= 15 is 0 Å². The number of nitrogens with one attached hydrogen (secondary N) is 1. The summed E-state index contributed by atoms with van der Waals surface area (Å²) in [7, 11) is -3.68. The van der Waals surface area contributed by atoms with Crippen LogP contribution in [0.2, 0.25) is 0 Å². The lowest BCUT2D eigenvalue weighted by molar-refractivity contribution is 0.0730. The molecule has 0 saturated carbocycles. The third-order valence-corrected chi connectivity index (χ3v) is 8.09. The number of carbonyl (C=O) groups excluding carboxylic acids is 1. The van der Waals surface area contributed by atoms with Crippen LogP contribution in [0.25, 0.3) is 0 Å². The summed E-state index contributed by atoms with van der Waals surface area (Å²) < 4.78 is 46.3. The van der Waals surface area contributed by atoms with E-state index in [4.69, 9.17) is 4.74 Å². The number of hydrogen-bond acceptors (Lipinski definition) is 5. The Labute approximate surface area is 173 Å². The number of rotatable bonds is 4. The van der Waals surface area contributed by atoms with Crippen molar-refractivity contribution in [2.24, 2.45) is 0 Å². The minimum atomic E-state index is -3.68. The Morgan fingerprint density at radius 1 is 1.17 bits per heavy atom. The van der Waals surface area contributed by atoms with Gasteiger partial charge in [0.05, 0.1) is 24.2 Å². The first-order valence-corrected chi connectivity index (χ1v) is 11.8. The van der Waals surface area contributed by atoms with Gasteiger partial charge in [-0.3, -0.25) is 4.79 Å². The molecule has 0 spiro atoms. The Bertz CT molecular complexity index is 1020. The number of morpholine rings is 1. The van der Waals surface area contributed by atoms with Crippen molar-refractivity contribution in [2.45, 2.75) is 22.3 Å². The summed E-state index contributed by atoms with van der Waals surface area (Å²) in [5.41, 5.74) is 1.02. The molecule has 9 heteroatoms. The summed E-state index contributed by atoms with van der Waals surface area (Å²) >= 11 is 1.44. The van der Waals surface area contributed by atoms with Gasteiger partial charge < -0.3 is 10.1 Å². The molecule has 1 atom stereocenters. The van der Waals surface area contributed by atoms with E-state index in [0.29, 0.717) is 43.4 Å².